The van der Waals surface area contributed by atoms with Crippen LogP contribution in [0.1, 0.15) is 22.3 Å². The summed E-state index contributed by atoms with van der Waals surface area (Å²) in [6.45, 7) is 17.0. The van der Waals surface area contributed by atoms with Crippen molar-refractivity contribution in [1.29, 1.82) is 0 Å². The predicted molar refractivity (Wildman–Crippen MR) is 110 cm³/mol. The van der Waals surface area contributed by atoms with Gasteiger partial charge >= 0.3 is 0 Å². The van der Waals surface area contributed by atoms with Crippen LogP contribution < -0.4 is 5.19 Å². The lowest BCUT2D eigenvalue weighted by Gasteiger charge is -2.26. The Labute approximate surface area is 143 Å². The highest BCUT2D eigenvalue weighted by molar-refractivity contribution is 7.13. The first-order valence-corrected chi connectivity index (χ1v) is 15.1. The fourth-order valence-electron chi connectivity index (χ4n) is 4.23. The smallest absolute Gasteiger partial charge is 0.0656 e. The van der Waals surface area contributed by atoms with Crippen molar-refractivity contribution in [3.8, 4) is 0 Å². The van der Waals surface area contributed by atoms with Crippen LogP contribution in [-0.4, -0.2) is 16.1 Å². The Bertz CT molecular complexity index is 785. The van der Waals surface area contributed by atoms with Gasteiger partial charge in [0.05, 0.1) is 8.07 Å². The van der Waals surface area contributed by atoms with Crippen LogP contribution in [-0.2, 0) is 0 Å². The van der Waals surface area contributed by atoms with Gasteiger partial charge in [0.1, 0.15) is 8.07 Å². The van der Waals surface area contributed by atoms with Gasteiger partial charge in [-0.2, -0.15) is 0 Å². The topological polar surface area (TPSA) is 0 Å². The van der Waals surface area contributed by atoms with E-state index in [4.69, 9.17) is 0 Å². The Balaban J connectivity index is 2.39. The quantitative estimate of drug-likeness (QED) is 0.630. The van der Waals surface area contributed by atoms with Crippen LogP contribution in [0, 0.1) is 13.8 Å². The molecular weight excluding hydrogens is 308 g/mol. The van der Waals surface area contributed by atoms with Crippen LogP contribution in [0.4, 0.5) is 0 Å². The molecule has 2 aromatic carbocycles. The Morgan fingerprint density at radius 3 is 1.96 bits per heavy atom. The minimum atomic E-state index is -1.64. The number of hydrogen-bond donors (Lipinski definition) is 0. The van der Waals surface area contributed by atoms with Crippen LogP contribution in [0.2, 0.25) is 32.7 Å². The molecule has 0 saturated heterocycles. The van der Waals surface area contributed by atoms with Gasteiger partial charge < -0.3 is 0 Å². The summed E-state index contributed by atoms with van der Waals surface area (Å²) in [5.74, 6) is 0. The molecule has 0 saturated carbocycles. The van der Waals surface area contributed by atoms with E-state index in [2.05, 4.69) is 89.0 Å². The van der Waals surface area contributed by atoms with Gasteiger partial charge in [-0.3, -0.25) is 0 Å². The lowest BCUT2D eigenvalue weighted by molar-refractivity contribution is 1.37. The lowest BCUT2D eigenvalue weighted by atomic mass is 10.1. The van der Waals surface area contributed by atoms with Crippen molar-refractivity contribution in [1.82, 2.24) is 0 Å². The minimum absolute atomic E-state index is 1.38. The van der Waals surface area contributed by atoms with Crippen molar-refractivity contribution in [3.05, 3.63) is 64.7 Å². The van der Waals surface area contributed by atoms with E-state index in [0.29, 0.717) is 0 Å². The molecular formula is C21H28Si2. The Hall–Kier alpha value is -1.39. The molecule has 1 aliphatic rings. The molecule has 23 heavy (non-hydrogen) atoms. The van der Waals surface area contributed by atoms with Crippen LogP contribution in [0.3, 0.4) is 0 Å². The number of rotatable bonds is 2. The third kappa shape index (κ3) is 2.68. The predicted octanol–water partition coefficient (Wildman–Crippen LogP) is 5.56. The second-order valence-corrected chi connectivity index (χ2v) is 17.8. The minimum Gasteiger partial charge on any atom is -0.0656 e. The number of aryl methyl sites for hydroxylation is 2. The first kappa shape index (κ1) is 16.5. The van der Waals surface area contributed by atoms with Crippen LogP contribution in [0.25, 0.3) is 10.4 Å². The van der Waals surface area contributed by atoms with E-state index in [1.54, 1.807) is 21.1 Å². The van der Waals surface area contributed by atoms with E-state index in [0.717, 1.165) is 0 Å². The maximum Gasteiger partial charge on any atom is 0.113 e. The fourth-order valence-corrected chi connectivity index (χ4v) is 11.6. The van der Waals surface area contributed by atoms with Crippen molar-refractivity contribution in [3.63, 3.8) is 0 Å². The average Bonchev–Trinajstić information content (AvgIpc) is 2.66. The van der Waals surface area contributed by atoms with Gasteiger partial charge in [0.15, 0.2) is 0 Å². The molecule has 0 nitrogen and oxygen atoms in total. The fraction of sp³-hybridized carbons (Fsp3) is 0.333. The van der Waals surface area contributed by atoms with Crippen molar-refractivity contribution < 1.29 is 0 Å². The number of benzene rings is 2. The van der Waals surface area contributed by atoms with Crippen molar-refractivity contribution >= 4 is 31.7 Å². The largest absolute Gasteiger partial charge is 0.113 e. The molecule has 0 fully saturated rings. The SMILES string of the molecule is Cc1cc(C)cc(C2=C([Si](C)(C)C)c3ccccc3[Si]2(C)C)c1. The van der Waals surface area contributed by atoms with E-state index in [9.17, 15) is 0 Å². The number of hydrogen-bond acceptors (Lipinski definition) is 0. The summed E-state index contributed by atoms with van der Waals surface area (Å²) in [5.41, 5.74) is 5.79. The third-order valence-electron chi connectivity index (χ3n) is 5.01. The lowest BCUT2D eigenvalue weighted by Crippen LogP contribution is -2.40. The molecule has 0 N–H and O–H groups in total. The van der Waals surface area contributed by atoms with Gasteiger partial charge in [-0.05, 0) is 35.4 Å². The molecule has 0 aliphatic carbocycles. The Morgan fingerprint density at radius 1 is 0.826 bits per heavy atom. The summed E-state index contributed by atoms with van der Waals surface area (Å²) in [6, 6.07) is 16.3. The highest BCUT2D eigenvalue weighted by Gasteiger charge is 2.43. The molecule has 3 rings (SSSR count). The summed E-state index contributed by atoms with van der Waals surface area (Å²) in [7, 11) is -3.07. The first-order chi connectivity index (χ1) is 10.6. The molecule has 0 bridgehead atoms. The molecule has 120 valence electrons. The molecule has 0 radical (unpaired) electrons. The maximum atomic E-state index is 2.53. The second kappa shape index (κ2) is 5.32. The van der Waals surface area contributed by atoms with Crippen LogP contribution >= 0.6 is 0 Å². The molecule has 1 aliphatic heterocycles. The van der Waals surface area contributed by atoms with E-state index in [1.807, 2.05) is 0 Å². The molecule has 0 spiro atoms. The highest BCUT2D eigenvalue weighted by Crippen LogP contribution is 2.44. The van der Waals surface area contributed by atoms with Gasteiger partial charge in [-0.25, -0.2) is 0 Å². The third-order valence-corrected chi connectivity index (χ3v) is 10.8. The van der Waals surface area contributed by atoms with Crippen molar-refractivity contribution in [2.24, 2.45) is 0 Å². The van der Waals surface area contributed by atoms with E-state index in [-0.39, 0.29) is 0 Å². The summed E-state index contributed by atoms with van der Waals surface area (Å²) in [6.07, 6.45) is 0. The van der Waals surface area contributed by atoms with Gasteiger partial charge in [0, 0.05) is 0 Å². The molecule has 0 unspecified atom stereocenters. The molecule has 1 heterocycles. The first-order valence-electron chi connectivity index (χ1n) is 8.56. The standard InChI is InChI=1S/C21H28Si2/c1-15-12-16(2)14-17(13-15)20-21(22(3,4)5)18-10-8-9-11-19(18)23(20,6)7/h8-14H,1-7H3. The zero-order valence-electron chi connectivity index (χ0n) is 15.5. The Kier molecular flexibility index (Phi) is 3.81. The zero-order valence-corrected chi connectivity index (χ0v) is 17.5. The molecule has 0 aromatic heterocycles. The van der Waals surface area contributed by atoms with Gasteiger partial charge in [0.2, 0.25) is 0 Å². The molecule has 2 aromatic rings. The highest BCUT2D eigenvalue weighted by atomic mass is 28.3. The van der Waals surface area contributed by atoms with Crippen LogP contribution in [0.5, 0.6) is 0 Å². The van der Waals surface area contributed by atoms with E-state index in [1.165, 1.54) is 16.7 Å². The average molecular weight is 337 g/mol. The van der Waals surface area contributed by atoms with Crippen molar-refractivity contribution in [2.45, 2.75) is 46.6 Å². The number of fused-ring (bicyclic) bond motifs is 1. The molecule has 0 atom stereocenters. The molecule has 0 amide bonds. The summed E-state index contributed by atoms with van der Waals surface area (Å²) >= 11 is 0. The maximum absolute atomic E-state index is 2.53. The second-order valence-electron chi connectivity index (χ2n) is 8.55. The van der Waals surface area contributed by atoms with Gasteiger partial charge in [-0.1, -0.05) is 91.5 Å². The van der Waals surface area contributed by atoms with E-state index >= 15 is 0 Å². The van der Waals surface area contributed by atoms with Gasteiger partial charge in [-0.15, -0.1) is 0 Å². The monoisotopic (exact) mass is 336 g/mol. The summed E-state index contributed by atoms with van der Waals surface area (Å²) in [4.78, 5) is 0. The molecule has 2 heteroatoms. The zero-order chi connectivity index (χ0) is 17.0. The van der Waals surface area contributed by atoms with Crippen LogP contribution in [0.15, 0.2) is 42.5 Å². The van der Waals surface area contributed by atoms with Crippen molar-refractivity contribution in [2.75, 3.05) is 0 Å². The summed E-state index contributed by atoms with van der Waals surface area (Å²) < 4.78 is 0. The summed E-state index contributed by atoms with van der Waals surface area (Å²) in [5, 5.41) is 5.03. The Morgan fingerprint density at radius 2 is 1.39 bits per heavy atom. The normalized spacial score (nSPS) is 16.7. The van der Waals surface area contributed by atoms with Gasteiger partial charge in [0.25, 0.3) is 0 Å². The van der Waals surface area contributed by atoms with E-state index < -0.39 is 16.1 Å².